The summed E-state index contributed by atoms with van der Waals surface area (Å²) in [6.07, 6.45) is 39.1. The molecule has 8 fully saturated rings. The predicted octanol–water partition coefficient (Wildman–Crippen LogP) is 27.5. The average molecular weight is 1240 g/mol. The van der Waals surface area contributed by atoms with Gasteiger partial charge in [0.15, 0.2) is 0 Å². The molecular weight excluding hydrogens is 1060 g/mol. The van der Waals surface area contributed by atoms with Crippen molar-refractivity contribution in [1.29, 1.82) is 0 Å². The minimum Gasteiger partial charge on any atom is -0.381 e. The van der Waals surface area contributed by atoms with Gasteiger partial charge in [-0.3, -0.25) is 0 Å². The van der Waals surface area contributed by atoms with Gasteiger partial charge in [-0.2, -0.15) is 0 Å². The molecule has 8 aliphatic rings. The lowest BCUT2D eigenvalue weighted by Gasteiger charge is -2.26. The van der Waals surface area contributed by atoms with Crippen LogP contribution in [-0.2, 0) is 14.2 Å². The highest BCUT2D eigenvalue weighted by Crippen LogP contribution is 2.31. The number of ether oxygens (including phenoxy) is 3. The van der Waals surface area contributed by atoms with Gasteiger partial charge >= 0.3 is 0 Å². The Morgan fingerprint density at radius 2 is 0.609 bits per heavy atom. The molecule has 5 heterocycles. The van der Waals surface area contributed by atoms with Gasteiger partial charge in [-0.05, 0) is 175 Å². The van der Waals surface area contributed by atoms with Crippen LogP contribution in [0.3, 0.4) is 0 Å². The number of nitrogens with zero attached hydrogens (tertiary/aromatic N) is 1. The third-order valence-electron chi connectivity index (χ3n) is 18.1. The fraction of sp³-hybridized carbons (Fsp3) is 1.00. The third-order valence-corrected chi connectivity index (χ3v) is 18.1. The Labute approximate surface area is 558 Å². The zero-order valence-electron chi connectivity index (χ0n) is 67.6. The first-order valence-electron chi connectivity index (χ1n) is 40.2. The van der Waals surface area contributed by atoms with E-state index in [-0.39, 0.29) is 0 Å². The van der Waals surface area contributed by atoms with Gasteiger partial charge in [0.25, 0.3) is 0 Å². The zero-order chi connectivity index (χ0) is 68.8. The maximum absolute atomic E-state index is 5.54. The molecule has 3 unspecified atom stereocenters. The van der Waals surface area contributed by atoms with Crippen LogP contribution in [0.4, 0.5) is 0 Å². The van der Waals surface area contributed by atoms with Gasteiger partial charge in [-0.1, -0.05) is 310 Å². The summed E-state index contributed by atoms with van der Waals surface area (Å²) >= 11 is 0. The Kier molecular flexibility index (Phi) is 96.9. The molecule has 538 valence electrons. The predicted molar refractivity (Wildman–Crippen MR) is 407 cm³/mol. The molecule has 87 heavy (non-hydrogen) atoms. The molecule has 5 nitrogen and oxygen atoms in total. The third kappa shape index (κ3) is 67.0. The molecule has 1 N–H and O–H groups in total. The van der Waals surface area contributed by atoms with Crippen LogP contribution in [0.2, 0.25) is 0 Å². The first kappa shape index (κ1) is 103. The molecule has 0 spiro atoms. The fourth-order valence-corrected chi connectivity index (χ4v) is 12.1. The molecule has 0 aromatic heterocycles. The topological polar surface area (TPSA) is 43.0 Å². The minimum atomic E-state index is 0.554. The summed E-state index contributed by atoms with van der Waals surface area (Å²) in [4.78, 5) is 2.53. The summed E-state index contributed by atoms with van der Waals surface area (Å²) in [5.41, 5.74) is 0. The summed E-state index contributed by atoms with van der Waals surface area (Å²) in [6.45, 7) is 77.7. The normalized spacial score (nSPS) is 21.2. The van der Waals surface area contributed by atoms with Gasteiger partial charge in [-0.25, -0.2) is 0 Å². The van der Waals surface area contributed by atoms with Crippen LogP contribution < -0.4 is 5.32 Å². The van der Waals surface area contributed by atoms with Crippen molar-refractivity contribution in [3.8, 4) is 0 Å². The number of piperidine rings is 1. The molecule has 5 heteroatoms. The Balaban J connectivity index is -0.000000132. The van der Waals surface area contributed by atoms with Crippen LogP contribution in [0, 0.1) is 71.0 Å². The summed E-state index contributed by atoms with van der Waals surface area (Å²) < 4.78 is 16.1. The quantitative estimate of drug-likeness (QED) is 0.262. The lowest BCUT2D eigenvalue weighted by Crippen LogP contribution is -2.37. The second-order valence-electron chi connectivity index (χ2n) is 26.6. The van der Waals surface area contributed by atoms with Crippen molar-refractivity contribution in [2.24, 2.45) is 71.0 Å². The molecule has 0 amide bonds. The van der Waals surface area contributed by atoms with Crippen molar-refractivity contribution in [2.75, 3.05) is 52.7 Å². The standard InChI is InChI=1S/3C9H18.C8H17N.3C8H16O.C7H15N.8C2H6/c3*1-8(2)9-6-4-3-5-7-9;1-7(2)8-5-3-4-6-9-8;1-7(2)8-3-5-9-6-4-8;1-7(2)8-4-3-5-9-6-8;1-7(2)8-5-3-4-6-9-8;1-7(2)8-5-3-4-6-8;8*1-2/h3*8-9H,3-7H2,1-2H3;7-9H,3-6H2,1-2H3;3*7-8H,3-6H2,1-2H3;7H,3-6H2,1-2H3;8*1-2H3. The second-order valence-corrected chi connectivity index (χ2v) is 26.6. The molecule has 3 atom stereocenters. The van der Waals surface area contributed by atoms with E-state index in [0.717, 1.165) is 110 Å². The number of hydrogen-bond acceptors (Lipinski definition) is 5. The van der Waals surface area contributed by atoms with Crippen LogP contribution in [0.15, 0.2) is 0 Å². The van der Waals surface area contributed by atoms with E-state index in [1.165, 1.54) is 193 Å². The van der Waals surface area contributed by atoms with E-state index in [0.29, 0.717) is 12.0 Å². The minimum absolute atomic E-state index is 0.554. The van der Waals surface area contributed by atoms with Crippen molar-refractivity contribution in [2.45, 2.75) is 413 Å². The van der Waals surface area contributed by atoms with Crippen LogP contribution in [-0.4, -0.2) is 75.8 Å². The highest BCUT2D eigenvalue weighted by atomic mass is 16.5. The number of likely N-dealkylation sites (tertiary alicyclic amines) is 1. The molecule has 5 saturated heterocycles. The van der Waals surface area contributed by atoms with E-state index in [2.05, 4.69) is 121 Å². The van der Waals surface area contributed by atoms with Crippen molar-refractivity contribution in [3.63, 3.8) is 0 Å². The number of hydrogen-bond donors (Lipinski definition) is 1. The van der Waals surface area contributed by atoms with Crippen LogP contribution in [0.1, 0.15) is 395 Å². The second kappa shape index (κ2) is 81.9. The Hall–Kier alpha value is -0.200. The summed E-state index contributed by atoms with van der Waals surface area (Å²) in [6, 6.07) is 1.58. The molecule has 3 aliphatic carbocycles. The van der Waals surface area contributed by atoms with Crippen LogP contribution >= 0.6 is 0 Å². The molecular formula is C82H182N2O3. The fourth-order valence-electron chi connectivity index (χ4n) is 12.1. The molecule has 0 radical (unpaired) electrons. The Morgan fingerprint density at radius 3 is 0.805 bits per heavy atom. The van der Waals surface area contributed by atoms with Crippen LogP contribution in [0.25, 0.3) is 0 Å². The Morgan fingerprint density at radius 1 is 0.276 bits per heavy atom. The highest BCUT2D eigenvalue weighted by molar-refractivity contribution is 4.75. The zero-order valence-corrected chi connectivity index (χ0v) is 67.6. The van der Waals surface area contributed by atoms with Gasteiger partial charge in [0.1, 0.15) is 0 Å². The molecule has 8 rings (SSSR count). The van der Waals surface area contributed by atoms with Gasteiger partial charge in [0, 0.05) is 45.1 Å². The Bertz CT molecular complexity index is 873. The van der Waals surface area contributed by atoms with E-state index in [4.69, 9.17) is 14.2 Å². The van der Waals surface area contributed by atoms with E-state index in [9.17, 15) is 0 Å². The van der Waals surface area contributed by atoms with Gasteiger partial charge < -0.3 is 24.4 Å². The summed E-state index contributed by atoms with van der Waals surface area (Å²) in [5, 5.41) is 3.52. The highest BCUT2D eigenvalue weighted by Gasteiger charge is 2.21. The molecule has 0 aromatic rings. The van der Waals surface area contributed by atoms with Crippen molar-refractivity contribution in [1.82, 2.24) is 10.2 Å². The smallest absolute Gasteiger partial charge is 0.0598 e. The first-order valence-corrected chi connectivity index (χ1v) is 40.2. The SMILES string of the molecule is CC.CC.CC.CC.CC.CC.CC.CC.CC(C)C1CCCCC1.CC(C)C1CCCCC1.CC(C)C1CCCCC1.CC(C)C1CCCCN1.CC(C)C1CCCCO1.CC(C)C1CCCOC1.CC(C)C1CCOCC1.CC(C)N1CCCC1. The molecule has 0 bridgehead atoms. The molecule has 3 saturated carbocycles. The van der Waals surface area contributed by atoms with E-state index in [1.54, 1.807) is 0 Å². The van der Waals surface area contributed by atoms with E-state index >= 15 is 0 Å². The summed E-state index contributed by atoms with van der Waals surface area (Å²) in [7, 11) is 0. The van der Waals surface area contributed by atoms with Gasteiger partial charge in [-0.15, -0.1) is 0 Å². The van der Waals surface area contributed by atoms with Crippen molar-refractivity contribution < 1.29 is 14.2 Å². The van der Waals surface area contributed by atoms with E-state index < -0.39 is 0 Å². The average Bonchev–Trinajstić information content (AvgIpc) is 4.19. The lowest BCUT2D eigenvalue weighted by atomic mass is 9.82. The van der Waals surface area contributed by atoms with Gasteiger partial charge in [0.05, 0.1) is 6.10 Å². The number of nitrogens with one attached hydrogen (secondary N) is 1. The largest absolute Gasteiger partial charge is 0.381 e. The van der Waals surface area contributed by atoms with Crippen molar-refractivity contribution >= 4 is 0 Å². The number of rotatable bonds is 8. The lowest BCUT2D eigenvalue weighted by molar-refractivity contribution is -0.0115. The molecule has 5 aliphatic heterocycles. The molecule has 0 aromatic carbocycles. The van der Waals surface area contributed by atoms with Gasteiger partial charge in [0.2, 0.25) is 0 Å². The maximum atomic E-state index is 5.54. The maximum Gasteiger partial charge on any atom is 0.0598 e. The summed E-state index contributed by atoms with van der Waals surface area (Å²) in [5.74, 6) is 10.9. The first-order chi connectivity index (χ1) is 41.9. The monoisotopic (exact) mass is 1240 g/mol. The van der Waals surface area contributed by atoms with Crippen LogP contribution in [0.5, 0.6) is 0 Å². The van der Waals surface area contributed by atoms with E-state index in [1.807, 2.05) is 111 Å². The van der Waals surface area contributed by atoms with Crippen molar-refractivity contribution in [3.05, 3.63) is 0 Å².